The summed E-state index contributed by atoms with van der Waals surface area (Å²) >= 11 is 0. The van der Waals surface area contributed by atoms with Gasteiger partial charge in [0.1, 0.15) is 6.04 Å². The lowest BCUT2D eigenvalue weighted by Crippen LogP contribution is -2.42. The second kappa shape index (κ2) is 6.69. The Morgan fingerprint density at radius 3 is 2.45 bits per heavy atom. The molecule has 1 saturated carbocycles. The topological polar surface area (TPSA) is 49.3 Å². The van der Waals surface area contributed by atoms with E-state index in [4.69, 9.17) is 5.11 Å². The van der Waals surface area contributed by atoms with Crippen LogP contribution in [0.1, 0.15) is 49.7 Å². The number of halogens is 3. The summed E-state index contributed by atoms with van der Waals surface area (Å²) in [6.45, 7) is 1.60. The van der Waals surface area contributed by atoms with Crippen molar-refractivity contribution in [3.05, 3.63) is 35.4 Å². The van der Waals surface area contributed by atoms with E-state index < -0.39 is 23.8 Å². The molecular formula is C16H20F3NO2. The predicted octanol–water partition coefficient (Wildman–Crippen LogP) is 3.79. The quantitative estimate of drug-likeness (QED) is 0.888. The Bertz CT molecular complexity index is 522. The first-order valence-corrected chi connectivity index (χ1v) is 7.43. The van der Waals surface area contributed by atoms with Crippen molar-refractivity contribution in [3.8, 4) is 0 Å². The Hall–Kier alpha value is -1.56. The molecule has 1 aromatic rings. The molecule has 0 amide bonds. The molecule has 1 unspecified atom stereocenters. The average molecular weight is 315 g/mol. The molecule has 1 aliphatic rings. The van der Waals surface area contributed by atoms with Crippen LogP contribution in [0.3, 0.4) is 0 Å². The SMILES string of the molecule is CC(NC1CCC(c2cccc(C(F)(F)F)c2)CC1)C(=O)O. The molecule has 6 heteroatoms. The third kappa shape index (κ3) is 4.22. The first-order chi connectivity index (χ1) is 10.3. The third-order valence-corrected chi connectivity index (χ3v) is 4.27. The van der Waals surface area contributed by atoms with Crippen LogP contribution in [0, 0.1) is 0 Å². The lowest BCUT2D eigenvalue weighted by Gasteiger charge is -2.30. The van der Waals surface area contributed by atoms with E-state index in [0.717, 1.165) is 37.3 Å². The van der Waals surface area contributed by atoms with Gasteiger partial charge in [-0.1, -0.05) is 18.2 Å². The Morgan fingerprint density at radius 2 is 1.91 bits per heavy atom. The van der Waals surface area contributed by atoms with Crippen LogP contribution in [0.15, 0.2) is 24.3 Å². The fraction of sp³-hybridized carbons (Fsp3) is 0.562. The van der Waals surface area contributed by atoms with Gasteiger partial charge < -0.3 is 10.4 Å². The number of aliphatic carboxylic acids is 1. The van der Waals surface area contributed by atoms with Crippen molar-refractivity contribution < 1.29 is 23.1 Å². The molecule has 0 heterocycles. The monoisotopic (exact) mass is 315 g/mol. The van der Waals surface area contributed by atoms with Crippen molar-refractivity contribution in [1.29, 1.82) is 0 Å². The first-order valence-electron chi connectivity index (χ1n) is 7.43. The summed E-state index contributed by atoms with van der Waals surface area (Å²) < 4.78 is 38.3. The zero-order valence-electron chi connectivity index (χ0n) is 12.4. The number of nitrogens with one attached hydrogen (secondary N) is 1. The summed E-state index contributed by atoms with van der Waals surface area (Å²) in [4.78, 5) is 10.8. The average Bonchev–Trinajstić information content (AvgIpc) is 2.47. The number of carboxylic acids is 1. The molecule has 0 saturated heterocycles. The van der Waals surface area contributed by atoms with Crippen molar-refractivity contribution >= 4 is 5.97 Å². The van der Waals surface area contributed by atoms with E-state index in [1.807, 2.05) is 0 Å². The highest BCUT2D eigenvalue weighted by Gasteiger charge is 2.31. The molecule has 0 aromatic heterocycles. The van der Waals surface area contributed by atoms with Crippen LogP contribution < -0.4 is 5.32 Å². The fourth-order valence-corrected chi connectivity index (χ4v) is 2.99. The number of hydrogen-bond acceptors (Lipinski definition) is 2. The summed E-state index contributed by atoms with van der Waals surface area (Å²) in [7, 11) is 0. The summed E-state index contributed by atoms with van der Waals surface area (Å²) in [5, 5.41) is 11.9. The summed E-state index contributed by atoms with van der Waals surface area (Å²) in [6, 6.07) is 5.04. The van der Waals surface area contributed by atoms with Gasteiger partial charge in [-0.25, -0.2) is 0 Å². The van der Waals surface area contributed by atoms with Crippen molar-refractivity contribution in [2.24, 2.45) is 0 Å². The Balaban J connectivity index is 1.96. The van der Waals surface area contributed by atoms with Gasteiger partial charge >= 0.3 is 12.1 Å². The molecule has 2 N–H and O–H groups in total. The van der Waals surface area contributed by atoms with Crippen LogP contribution >= 0.6 is 0 Å². The number of carboxylic acid groups (broad SMARTS) is 1. The third-order valence-electron chi connectivity index (χ3n) is 4.27. The van der Waals surface area contributed by atoms with E-state index >= 15 is 0 Å². The highest BCUT2D eigenvalue weighted by atomic mass is 19.4. The number of benzene rings is 1. The molecule has 22 heavy (non-hydrogen) atoms. The standard InChI is InChI=1S/C16H20F3NO2/c1-10(15(21)22)20-14-7-5-11(6-8-14)12-3-2-4-13(9-12)16(17,18)19/h2-4,9-11,14,20H,5-8H2,1H3,(H,21,22). The molecule has 1 aromatic carbocycles. The summed E-state index contributed by atoms with van der Waals surface area (Å²) in [5.74, 6) is -0.777. The molecule has 1 fully saturated rings. The number of hydrogen-bond donors (Lipinski definition) is 2. The van der Waals surface area contributed by atoms with E-state index in [1.54, 1.807) is 13.0 Å². The number of carbonyl (C=O) groups is 1. The van der Waals surface area contributed by atoms with Gasteiger partial charge in [0.15, 0.2) is 0 Å². The number of alkyl halides is 3. The minimum atomic E-state index is -4.31. The highest BCUT2D eigenvalue weighted by Crippen LogP contribution is 2.36. The van der Waals surface area contributed by atoms with E-state index in [9.17, 15) is 18.0 Å². The Morgan fingerprint density at radius 1 is 1.27 bits per heavy atom. The molecule has 2 rings (SSSR count). The van der Waals surface area contributed by atoms with Gasteiger partial charge in [0.25, 0.3) is 0 Å². The van der Waals surface area contributed by atoms with Crippen molar-refractivity contribution in [3.63, 3.8) is 0 Å². The smallest absolute Gasteiger partial charge is 0.416 e. The van der Waals surface area contributed by atoms with Gasteiger partial charge in [-0.3, -0.25) is 4.79 Å². The maximum Gasteiger partial charge on any atom is 0.416 e. The van der Waals surface area contributed by atoms with Crippen LogP contribution in [0.4, 0.5) is 13.2 Å². The fourth-order valence-electron chi connectivity index (χ4n) is 2.99. The van der Waals surface area contributed by atoms with Crippen LogP contribution in [0.25, 0.3) is 0 Å². The molecule has 0 aliphatic heterocycles. The summed E-state index contributed by atoms with van der Waals surface area (Å²) in [6.07, 6.45) is -1.22. The largest absolute Gasteiger partial charge is 0.480 e. The highest BCUT2D eigenvalue weighted by molar-refractivity contribution is 5.72. The van der Waals surface area contributed by atoms with E-state index in [2.05, 4.69) is 5.32 Å². The molecular weight excluding hydrogens is 295 g/mol. The zero-order valence-corrected chi connectivity index (χ0v) is 12.4. The van der Waals surface area contributed by atoms with Crippen LogP contribution in [0.5, 0.6) is 0 Å². The molecule has 0 spiro atoms. The predicted molar refractivity (Wildman–Crippen MR) is 76.7 cm³/mol. The van der Waals surface area contributed by atoms with Crippen molar-refractivity contribution in [1.82, 2.24) is 5.32 Å². The van der Waals surface area contributed by atoms with E-state index in [1.165, 1.54) is 12.1 Å². The normalized spacial score (nSPS) is 24.0. The molecule has 0 radical (unpaired) electrons. The van der Waals surface area contributed by atoms with Crippen LogP contribution in [-0.4, -0.2) is 23.2 Å². The number of rotatable bonds is 4. The maximum absolute atomic E-state index is 12.8. The molecule has 3 nitrogen and oxygen atoms in total. The maximum atomic E-state index is 12.8. The molecule has 1 aliphatic carbocycles. The van der Waals surface area contributed by atoms with Crippen LogP contribution in [0.2, 0.25) is 0 Å². The zero-order chi connectivity index (χ0) is 16.3. The Kier molecular flexibility index (Phi) is 5.11. The van der Waals surface area contributed by atoms with Crippen molar-refractivity contribution in [2.45, 2.75) is 56.8 Å². The van der Waals surface area contributed by atoms with Gasteiger partial charge in [0, 0.05) is 6.04 Å². The minimum Gasteiger partial charge on any atom is -0.480 e. The van der Waals surface area contributed by atoms with E-state index in [-0.39, 0.29) is 12.0 Å². The minimum absolute atomic E-state index is 0.112. The second-order valence-electron chi connectivity index (χ2n) is 5.90. The summed E-state index contributed by atoms with van der Waals surface area (Å²) in [5.41, 5.74) is 0.115. The van der Waals surface area contributed by atoms with E-state index in [0.29, 0.717) is 0 Å². The van der Waals surface area contributed by atoms with Gasteiger partial charge in [-0.15, -0.1) is 0 Å². The van der Waals surface area contributed by atoms with Crippen molar-refractivity contribution in [2.75, 3.05) is 0 Å². The van der Waals surface area contributed by atoms with Gasteiger partial charge in [0.2, 0.25) is 0 Å². The molecule has 0 bridgehead atoms. The van der Waals surface area contributed by atoms with Crippen LogP contribution in [-0.2, 0) is 11.0 Å². The first kappa shape index (κ1) is 16.8. The second-order valence-corrected chi connectivity index (χ2v) is 5.90. The van der Waals surface area contributed by atoms with Gasteiger partial charge in [-0.2, -0.15) is 13.2 Å². The van der Waals surface area contributed by atoms with Gasteiger partial charge in [0.05, 0.1) is 5.56 Å². The molecule has 122 valence electrons. The lowest BCUT2D eigenvalue weighted by atomic mass is 9.81. The van der Waals surface area contributed by atoms with Gasteiger partial charge in [-0.05, 0) is 50.2 Å². The Labute approximate surface area is 127 Å². The molecule has 1 atom stereocenters. The lowest BCUT2D eigenvalue weighted by molar-refractivity contribution is -0.139.